The number of methoxy groups -OCH3 is 1. The highest BCUT2D eigenvalue weighted by molar-refractivity contribution is 6.00. The Morgan fingerprint density at radius 3 is 2.57 bits per heavy atom. The second-order valence-electron chi connectivity index (χ2n) is 5.30. The molecule has 122 valence electrons. The molecule has 2 heterocycles. The van der Waals surface area contributed by atoms with Crippen molar-refractivity contribution < 1.29 is 14.3 Å². The van der Waals surface area contributed by atoms with E-state index in [1.165, 1.54) is 7.11 Å². The van der Waals surface area contributed by atoms with Crippen LogP contribution < -0.4 is 5.32 Å². The normalized spacial score (nSPS) is 11.8. The number of aryl methyl sites for hydroxylation is 1. The molecule has 2 N–H and O–H groups in total. The van der Waals surface area contributed by atoms with Crippen LogP contribution in [0.15, 0.2) is 24.5 Å². The van der Waals surface area contributed by atoms with Gasteiger partial charge < -0.3 is 15.0 Å². The maximum atomic E-state index is 12.5. The molecule has 1 atom stereocenters. The molecule has 0 unspecified atom stereocenters. The predicted octanol–water partition coefficient (Wildman–Crippen LogP) is 2.56. The molecule has 0 spiro atoms. The summed E-state index contributed by atoms with van der Waals surface area (Å²) in [7, 11) is 1.33. The molecule has 0 aliphatic carbocycles. The SMILES string of the molecule is CCc1[nH]c(C(=O)N[C@@H](C)c2ccncc2)c(C)c1C(=O)OC. The summed E-state index contributed by atoms with van der Waals surface area (Å²) in [6, 6.07) is 3.54. The van der Waals surface area contributed by atoms with Crippen molar-refractivity contribution >= 4 is 11.9 Å². The molecule has 6 heteroatoms. The zero-order valence-corrected chi connectivity index (χ0v) is 13.8. The zero-order valence-electron chi connectivity index (χ0n) is 13.8. The number of nitrogens with zero attached hydrogens (tertiary/aromatic N) is 1. The van der Waals surface area contributed by atoms with Crippen molar-refractivity contribution in [3.8, 4) is 0 Å². The quantitative estimate of drug-likeness (QED) is 0.831. The van der Waals surface area contributed by atoms with Gasteiger partial charge in [-0.15, -0.1) is 0 Å². The van der Waals surface area contributed by atoms with Crippen LogP contribution in [0.3, 0.4) is 0 Å². The van der Waals surface area contributed by atoms with Crippen molar-refractivity contribution in [2.75, 3.05) is 7.11 Å². The molecular weight excluding hydrogens is 294 g/mol. The molecule has 2 rings (SSSR count). The first-order chi connectivity index (χ1) is 11.0. The van der Waals surface area contributed by atoms with E-state index in [0.717, 1.165) is 5.56 Å². The van der Waals surface area contributed by atoms with Crippen molar-refractivity contribution in [1.29, 1.82) is 0 Å². The Hall–Kier alpha value is -2.63. The number of nitrogens with one attached hydrogen (secondary N) is 2. The van der Waals surface area contributed by atoms with E-state index in [1.807, 2.05) is 26.0 Å². The number of pyridine rings is 1. The van der Waals surface area contributed by atoms with E-state index in [2.05, 4.69) is 15.3 Å². The number of hydrogen-bond donors (Lipinski definition) is 2. The molecule has 2 aromatic rings. The van der Waals surface area contributed by atoms with Crippen molar-refractivity contribution in [3.05, 3.63) is 52.6 Å². The lowest BCUT2D eigenvalue weighted by Gasteiger charge is -2.13. The maximum absolute atomic E-state index is 12.5. The van der Waals surface area contributed by atoms with Crippen LogP contribution in [0, 0.1) is 6.92 Å². The van der Waals surface area contributed by atoms with E-state index in [9.17, 15) is 9.59 Å². The molecule has 6 nitrogen and oxygen atoms in total. The average Bonchev–Trinajstić information content (AvgIpc) is 2.91. The Balaban J connectivity index is 2.26. The summed E-state index contributed by atoms with van der Waals surface area (Å²) in [5, 5.41) is 2.92. The molecule has 0 bridgehead atoms. The standard InChI is InChI=1S/C17H21N3O3/c1-5-13-14(17(22)23-4)10(2)15(20-13)16(21)19-11(3)12-6-8-18-9-7-12/h6-9,11,20H,5H2,1-4H3,(H,19,21)/t11-/m0/s1. The van der Waals surface area contributed by atoms with Crippen molar-refractivity contribution in [2.24, 2.45) is 0 Å². The number of carbonyl (C=O) groups excluding carboxylic acids is 2. The monoisotopic (exact) mass is 315 g/mol. The van der Waals surface area contributed by atoms with E-state index in [0.29, 0.717) is 28.9 Å². The largest absolute Gasteiger partial charge is 0.465 e. The summed E-state index contributed by atoms with van der Waals surface area (Å²) in [6.07, 6.45) is 3.98. The van der Waals surface area contributed by atoms with E-state index in [4.69, 9.17) is 4.74 Å². The van der Waals surface area contributed by atoms with Gasteiger partial charge in [-0.1, -0.05) is 6.92 Å². The summed E-state index contributed by atoms with van der Waals surface area (Å²) in [6.45, 7) is 5.56. The number of aromatic amines is 1. The first-order valence-electron chi connectivity index (χ1n) is 7.50. The van der Waals surface area contributed by atoms with E-state index < -0.39 is 5.97 Å². The van der Waals surface area contributed by atoms with Crippen LogP contribution in [-0.4, -0.2) is 29.0 Å². The van der Waals surface area contributed by atoms with Gasteiger partial charge in [-0.2, -0.15) is 0 Å². The van der Waals surface area contributed by atoms with Crippen molar-refractivity contribution in [3.63, 3.8) is 0 Å². The van der Waals surface area contributed by atoms with E-state index in [1.54, 1.807) is 19.3 Å². The van der Waals surface area contributed by atoms with Gasteiger partial charge in [0.25, 0.3) is 5.91 Å². The predicted molar refractivity (Wildman–Crippen MR) is 86.4 cm³/mol. The average molecular weight is 315 g/mol. The first-order valence-corrected chi connectivity index (χ1v) is 7.50. The van der Waals surface area contributed by atoms with Gasteiger partial charge in [-0.3, -0.25) is 9.78 Å². The Morgan fingerprint density at radius 2 is 2.00 bits per heavy atom. The fourth-order valence-corrected chi connectivity index (χ4v) is 2.53. The molecule has 0 aliphatic rings. The first kappa shape index (κ1) is 16.7. The molecule has 0 aromatic carbocycles. The molecule has 1 amide bonds. The third-order valence-electron chi connectivity index (χ3n) is 3.85. The third kappa shape index (κ3) is 3.41. The van der Waals surface area contributed by atoms with Crippen LogP contribution in [-0.2, 0) is 11.2 Å². The number of rotatable bonds is 5. The van der Waals surface area contributed by atoms with Crippen LogP contribution in [0.5, 0.6) is 0 Å². The van der Waals surface area contributed by atoms with Gasteiger partial charge in [-0.05, 0) is 43.5 Å². The highest BCUT2D eigenvalue weighted by Gasteiger charge is 2.24. The number of carbonyl (C=O) groups is 2. The van der Waals surface area contributed by atoms with Crippen LogP contribution in [0.25, 0.3) is 0 Å². The Bertz CT molecular complexity index is 707. The summed E-state index contributed by atoms with van der Waals surface area (Å²) in [5.74, 6) is -0.687. The fourth-order valence-electron chi connectivity index (χ4n) is 2.53. The highest BCUT2D eigenvalue weighted by atomic mass is 16.5. The molecule has 0 radical (unpaired) electrons. The van der Waals surface area contributed by atoms with Crippen molar-refractivity contribution in [1.82, 2.24) is 15.3 Å². The lowest BCUT2D eigenvalue weighted by atomic mass is 10.1. The molecule has 0 fully saturated rings. The Kier molecular flexibility index (Phi) is 5.16. The minimum atomic E-state index is -0.433. The van der Waals surface area contributed by atoms with Gasteiger partial charge in [0.05, 0.1) is 18.7 Å². The Morgan fingerprint density at radius 1 is 1.35 bits per heavy atom. The number of H-pyrrole nitrogens is 1. The van der Waals surface area contributed by atoms with Crippen molar-refractivity contribution in [2.45, 2.75) is 33.2 Å². The van der Waals surface area contributed by atoms with Crippen LogP contribution in [0.4, 0.5) is 0 Å². The minimum Gasteiger partial charge on any atom is -0.465 e. The number of esters is 1. The minimum absolute atomic E-state index is 0.167. The van der Waals surface area contributed by atoms with Gasteiger partial charge in [-0.25, -0.2) is 4.79 Å². The van der Waals surface area contributed by atoms with Gasteiger partial charge in [0.15, 0.2) is 0 Å². The molecular formula is C17H21N3O3. The molecule has 23 heavy (non-hydrogen) atoms. The molecule has 0 aliphatic heterocycles. The fraction of sp³-hybridized carbons (Fsp3) is 0.353. The summed E-state index contributed by atoms with van der Waals surface area (Å²) in [4.78, 5) is 31.5. The highest BCUT2D eigenvalue weighted by Crippen LogP contribution is 2.21. The summed E-state index contributed by atoms with van der Waals surface area (Å²) >= 11 is 0. The van der Waals surface area contributed by atoms with Gasteiger partial charge >= 0.3 is 5.97 Å². The second kappa shape index (κ2) is 7.09. The summed E-state index contributed by atoms with van der Waals surface area (Å²) < 4.78 is 4.81. The lowest BCUT2D eigenvalue weighted by molar-refractivity contribution is 0.0599. The van der Waals surface area contributed by atoms with E-state index in [-0.39, 0.29) is 11.9 Å². The number of aromatic nitrogens is 2. The lowest BCUT2D eigenvalue weighted by Crippen LogP contribution is -2.27. The zero-order chi connectivity index (χ0) is 17.0. The van der Waals surface area contributed by atoms with Gasteiger partial charge in [0.2, 0.25) is 0 Å². The molecule has 2 aromatic heterocycles. The Labute approximate surface area is 135 Å². The summed E-state index contributed by atoms with van der Waals surface area (Å²) in [5.41, 5.74) is 3.10. The number of hydrogen-bond acceptors (Lipinski definition) is 4. The van der Waals surface area contributed by atoms with Gasteiger partial charge in [0.1, 0.15) is 5.69 Å². The van der Waals surface area contributed by atoms with Crippen LogP contribution in [0.2, 0.25) is 0 Å². The third-order valence-corrected chi connectivity index (χ3v) is 3.85. The number of ether oxygens (including phenoxy) is 1. The van der Waals surface area contributed by atoms with Crippen LogP contribution in [0.1, 0.15) is 57.6 Å². The number of amides is 1. The smallest absolute Gasteiger partial charge is 0.339 e. The second-order valence-corrected chi connectivity index (χ2v) is 5.30. The van der Waals surface area contributed by atoms with Crippen LogP contribution >= 0.6 is 0 Å². The molecule has 0 saturated carbocycles. The van der Waals surface area contributed by atoms with E-state index >= 15 is 0 Å². The van der Waals surface area contributed by atoms with Gasteiger partial charge in [0, 0.05) is 18.1 Å². The molecule has 0 saturated heterocycles. The maximum Gasteiger partial charge on any atom is 0.339 e. The topological polar surface area (TPSA) is 84.1 Å².